The van der Waals surface area contributed by atoms with Gasteiger partial charge in [0.25, 0.3) is 0 Å². The van der Waals surface area contributed by atoms with Crippen LogP contribution in [0.1, 0.15) is 33.6 Å². The van der Waals surface area contributed by atoms with Gasteiger partial charge >= 0.3 is 6.09 Å². The van der Waals surface area contributed by atoms with E-state index in [0.29, 0.717) is 24.1 Å². The van der Waals surface area contributed by atoms with E-state index < -0.39 is 11.7 Å². The van der Waals surface area contributed by atoms with Gasteiger partial charge in [0, 0.05) is 11.6 Å². The second-order valence-electron chi connectivity index (χ2n) is 5.79. The summed E-state index contributed by atoms with van der Waals surface area (Å²) in [6.07, 6.45) is 5.79. The summed E-state index contributed by atoms with van der Waals surface area (Å²) in [6, 6.07) is -0.0637. The molecule has 0 saturated heterocycles. The maximum absolute atomic E-state index is 12.3. The van der Waals surface area contributed by atoms with Crippen molar-refractivity contribution in [3.8, 4) is 0 Å². The zero-order valence-corrected chi connectivity index (χ0v) is 11.6. The number of amides is 1. The molecule has 0 bridgehead atoms. The van der Waals surface area contributed by atoms with Gasteiger partial charge in [-0.1, -0.05) is 6.08 Å². The molecule has 2 aliphatic rings. The Morgan fingerprint density at radius 2 is 2.21 bits per heavy atom. The third-order valence-corrected chi connectivity index (χ3v) is 3.09. The molecule has 0 radical (unpaired) electrons. The van der Waals surface area contributed by atoms with Crippen LogP contribution in [-0.4, -0.2) is 28.4 Å². The van der Waals surface area contributed by atoms with Gasteiger partial charge in [0.05, 0.1) is 5.70 Å². The van der Waals surface area contributed by atoms with Crippen molar-refractivity contribution in [3.05, 3.63) is 36.1 Å². The molecule has 1 heterocycles. The predicted octanol–water partition coefficient (Wildman–Crippen LogP) is 2.96. The quantitative estimate of drug-likeness (QED) is 0.718. The third-order valence-electron chi connectivity index (χ3n) is 3.09. The third kappa shape index (κ3) is 2.62. The lowest BCUT2D eigenvalue weighted by atomic mass is 10.1. The first-order chi connectivity index (χ1) is 8.83. The second kappa shape index (κ2) is 4.68. The van der Waals surface area contributed by atoms with E-state index >= 15 is 0 Å². The lowest BCUT2D eigenvalue weighted by Gasteiger charge is -2.29. The molecule has 1 amide bonds. The lowest BCUT2D eigenvalue weighted by Crippen LogP contribution is -2.39. The highest BCUT2D eigenvalue weighted by molar-refractivity contribution is 6.09. The molecule has 0 aromatic heterocycles. The highest BCUT2D eigenvalue weighted by Gasteiger charge is 2.40. The fourth-order valence-electron chi connectivity index (χ4n) is 2.38. The van der Waals surface area contributed by atoms with Crippen LogP contribution in [0, 0.1) is 0 Å². The first-order valence-electron chi connectivity index (χ1n) is 6.42. The van der Waals surface area contributed by atoms with E-state index in [0.717, 1.165) is 0 Å². The SMILES string of the molecule is C=CCC1CC2=C(C=CC2=O)N1C(=O)OC(C)(C)C. The average Bonchev–Trinajstić information content (AvgIpc) is 2.77. The van der Waals surface area contributed by atoms with Crippen LogP contribution in [0.4, 0.5) is 4.79 Å². The number of allylic oxidation sites excluding steroid dienone is 2. The summed E-state index contributed by atoms with van der Waals surface area (Å²) in [5.41, 5.74) is 0.842. The van der Waals surface area contributed by atoms with Crippen LogP contribution in [0.3, 0.4) is 0 Å². The Morgan fingerprint density at radius 1 is 1.53 bits per heavy atom. The average molecular weight is 261 g/mol. The van der Waals surface area contributed by atoms with Crippen molar-refractivity contribution >= 4 is 11.9 Å². The summed E-state index contributed by atoms with van der Waals surface area (Å²) in [5.74, 6) is -0.00452. The Labute approximate surface area is 113 Å². The summed E-state index contributed by atoms with van der Waals surface area (Å²) in [7, 11) is 0. The summed E-state index contributed by atoms with van der Waals surface area (Å²) in [5, 5.41) is 0. The highest BCUT2D eigenvalue weighted by Crippen LogP contribution is 2.36. The zero-order valence-electron chi connectivity index (χ0n) is 11.6. The van der Waals surface area contributed by atoms with Gasteiger partial charge in [0.15, 0.2) is 5.78 Å². The van der Waals surface area contributed by atoms with Crippen molar-refractivity contribution in [2.24, 2.45) is 0 Å². The molecule has 1 atom stereocenters. The van der Waals surface area contributed by atoms with E-state index in [1.807, 2.05) is 20.8 Å². The molecule has 4 heteroatoms. The monoisotopic (exact) mass is 261 g/mol. The Bertz CT molecular complexity index is 494. The van der Waals surface area contributed by atoms with Crippen LogP contribution in [0.2, 0.25) is 0 Å². The molecule has 0 aromatic rings. The smallest absolute Gasteiger partial charge is 0.415 e. The van der Waals surface area contributed by atoms with Crippen LogP contribution in [-0.2, 0) is 9.53 Å². The fourth-order valence-corrected chi connectivity index (χ4v) is 2.38. The van der Waals surface area contributed by atoms with Crippen molar-refractivity contribution in [2.75, 3.05) is 0 Å². The Balaban J connectivity index is 2.25. The van der Waals surface area contributed by atoms with Crippen molar-refractivity contribution in [1.82, 2.24) is 4.90 Å². The van der Waals surface area contributed by atoms with Crippen molar-refractivity contribution in [1.29, 1.82) is 0 Å². The van der Waals surface area contributed by atoms with Crippen molar-refractivity contribution < 1.29 is 14.3 Å². The first-order valence-corrected chi connectivity index (χ1v) is 6.42. The maximum atomic E-state index is 12.3. The molecule has 0 saturated carbocycles. The molecule has 0 N–H and O–H groups in total. The Kier molecular flexibility index (Phi) is 3.35. The first kappa shape index (κ1) is 13.6. The molecule has 1 aliphatic heterocycles. The molecule has 1 aliphatic carbocycles. The van der Waals surface area contributed by atoms with Gasteiger partial charge in [-0.2, -0.15) is 0 Å². The van der Waals surface area contributed by atoms with Gasteiger partial charge in [0.1, 0.15) is 5.60 Å². The number of hydrogen-bond acceptors (Lipinski definition) is 3. The summed E-state index contributed by atoms with van der Waals surface area (Å²) < 4.78 is 5.41. The molecule has 1 unspecified atom stereocenters. The van der Waals surface area contributed by atoms with Crippen LogP contribution in [0.25, 0.3) is 0 Å². The van der Waals surface area contributed by atoms with Gasteiger partial charge < -0.3 is 4.74 Å². The minimum absolute atomic E-state index is 0.00452. The van der Waals surface area contributed by atoms with Gasteiger partial charge in [-0.05, 0) is 45.8 Å². The molecular weight excluding hydrogens is 242 g/mol. The summed E-state index contributed by atoms with van der Waals surface area (Å²) in [6.45, 7) is 9.19. The van der Waals surface area contributed by atoms with Gasteiger partial charge in [-0.15, -0.1) is 6.58 Å². The van der Waals surface area contributed by atoms with Crippen LogP contribution < -0.4 is 0 Å². The number of carbonyl (C=O) groups is 2. The summed E-state index contributed by atoms with van der Waals surface area (Å²) >= 11 is 0. The molecule has 2 rings (SSSR count). The molecule has 4 nitrogen and oxygen atoms in total. The van der Waals surface area contributed by atoms with E-state index in [2.05, 4.69) is 6.58 Å². The molecule has 0 spiro atoms. The summed E-state index contributed by atoms with van der Waals surface area (Å²) in [4.78, 5) is 25.6. The van der Waals surface area contributed by atoms with E-state index in [4.69, 9.17) is 4.74 Å². The van der Waals surface area contributed by atoms with Crippen molar-refractivity contribution in [3.63, 3.8) is 0 Å². The Morgan fingerprint density at radius 3 is 2.79 bits per heavy atom. The van der Waals surface area contributed by atoms with Gasteiger partial charge in [-0.3, -0.25) is 9.69 Å². The zero-order chi connectivity index (χ0) is 14.2. The van der Waals surface area contributed by atoms with Crippen LogP contribution >= 0.6 is 0 Å². The van der Waals surface area contributed by atoms with E-state index in [1.54, 1.807) is 17.1 Å². The van der Waals surface area contributed by atoms with Crippen molar-refractivity contribution in [2.45, 2.75) is 45.3 Å². The number of ketones is 1. The minimum Gasteiger partial charge on any atom is -0.443 e. The molecule has 0 fully saturated rings. The number of hydrogen-bond donors (Lipinski definition) is 0. The van der Waals surface area contributed by atoms with Gasteiger partial charge in [0.2, 0.25) is 0 Å². The molecular formula is C15H19NO3. The van der Waals surface area contributed by atoms with Crippen LogP contribution in [0.5, 0.6) is 0 Å². The molecule has 19 heavy (non-hydrogen) atoms. The lowest BCUT2D eigenvalue weighted by molar-refractivity contribution is -0.111. The number of carbonyl (C=O) groups excluding carboxylic acids is 2. The van der Waals surface area contributed by atoms with Gasteiger partial charge in [-0.25, -0.2) is 4.79 Å². The van der Waals surface area contributed by atoms with E-state index in [1.165, 1.54) is 6.08 Å². The minimum atomic E-state index is -0.550. The van der Waals surface area contributed by atoms with E-state index in [9.17, 15) is 9.59 Å². The fraction of sp³-hybridized carbons (Fsp3) is 0.467. The predicted molar refractivity (Wildman–Crippen MR) is 72.5 cm³/mol. The topological polar surface area (TPSA) is 46.6 Å². The molecule has 102 valence electrons. The largest absolute Gasteiger partial charge is 0.443 e. The number of rotatable bonds is 2. The standard InChI is InChI=1S/C15H19NO3/c1-5-6-10-9-11-12(7-8-13(11)17)16(10)14(18)19-15(2,3)4/h5,7-8,10H,1,6,9H2,2-4H3. The van der Waals surface area contributed by atoms with Crippen LogP contribution in [0.15, 0.2) is 36.1 Å². The number of ether oxygens (including phenoxy) is 1. The molecule has 0 aromatic carbocycles. The second-order valence-corrected chi connectivity index (χ2v) is 5.79. The number of nitrogens with zero attached hydrogens (tertiary/aromatic N) is 1. The Hall–Kier alpha value is -1.84. The normalized spacial score (nSPS) is 21.9. The van der Waals surface area contributed by atoms with E-state index in [-0.39, 0.29) is 11.8 Å². The maximum Gasteiger partial charge on any atom is 0.415 e. The highest BCUT2D eigenvalue weighted by atomic mass is 16.6.